The molecular formula is C70H50N2O2S. The van der Waals surface area contributed by atoms with Crippen LogP contribution in [0.15, 0.2) is 239 Å². The predicted octanol–water partition coefficient (Wildman–Crippen LogP) is 20.4. The largest absolute Gasteiger partial charge is 0.454 e. The van der Waals surface area contributed by atoms with E-state index in [4.69, 9.17) is 8.83 Å². The third kappa shape index (κ3) is 6.41. The van der Waals surface area contributed by atoms with E-state index in [1.54, 1.807) is 0 Å². The van der Waals surface area contributed by atoms with E-state index >= 15 is 0 Å². The molecule has 13 aromatic rings. The molecule has 0 saturated carbocycles. The minimum atomic E-state index is -0.305. The lowest BCUT2D eigenvalue weighted by Gasteiger charge is -2.32. The van der Waals surface area contributed by atoms with Crippen LogP contribution in [0.1, 0.15) is 49.9 Å². The number of benzene rings is 10. The summed E-state index contributed by atoms with van der Waals surface area (Å²) in [4.78, 5) is 7.60. The van der Waals surface area contributed by atoms with E-state index in [1.165, 1.54) is 43.1 Å². The summed E-state index contributed by atoms with van der Waals surface area (Å²) in [6.07, 6.45) is 0. The van der Waals surface area contributed by atoms with Gasteiger partial charge in [0.2, 0.25) is 0 Å². The van der Waals surface area contributed by atoms with Gasteiger partial charge in [0, 0.05) is 64.6 Å². The van der Waals surface area contributed by atoms with E-state index in [0.29, 0.717) is 0 Å². The molecule has 358 valence electrons. The topological polar surface area (TPSA) is 32.8 Å². The molecule has 75 heavy (non-hydrogen) atoms. The Bertz CT molecular complexity index is 4160. The molecule has 0 bridgehead atoms. The molecule has 0 aliphatic heterocycles. The number of furan rings is 2. The second-order valence-electron chi connectivity index (χ2n) is 21.2. The summed E-state index contributed by atoms with van der Waals surface area (Å²) in [5.41, 5.74) is 22.0. The van der Waals surface area contributed by atoms with Crippen molar-refractivity contribution in [3.8, 4) is 43.1 Å². The second-order valence-corrected chi connectivity index (χ2v) is 22.2. The molecule has 15 rings (SSSR count). The smallest absolute Gasteiger partial charge is 0.159 e. The number of hydrogen-bond donors (Lipinski definition) is 0. The van der Waals surface area contributed by atoms with Crippen LogP contribution < -0.4 is 9.80 Å². The van der Waals surface area contributed by atoms with E-state index in [1.807, 2.05) is 11.3 Å². The number of para-hydroxylation sites is 6. The summed E-state index contributed by atoms with van der Waals surface area (Å²) in [5, 5.41) is 4.43. The van der Waals surface area contributed by atoms with Gasteiger partial charge in [-0.2, -0.15) is 0 Å². The van der Waals surface area contributed by atoms with Crippen molar-refractivity contribution in [3.05, 3.63) is 253 Å². The van der Waals surface area contributed by atoms with Crippen molar-refractivity contribution in [2.75, 3.05) is 9.80 Å². The molecule has 0 spiro atoms. The molecule has 2 aliphatic rings. The van der Waals surface area contributed by atoms with Crippen LogP contribution in [0.3, 0.4) is 0 Å². The lowest BCUT2D eigenvalue weighted by Crippen LogP contribution is -2.23. The van der Waals surface area contributed by atoms with E-state index < -0.39 is 0 Å². The summed E-state index contributed by atoms with van der Waals surface area (Å²) >= 11 is 1.97. The fourth-order valence-electron chi connectivity index (χ4n) is 12.7. The maximum absolute atomic E-state index is 6.81. The van der Waals surface area contributed by atoms with Crippen LogP contribution in [-0.2, 0) is 10.8 Å². The van der Waals surface area contributed by atoms with Gasteiger partial charge in [-0.05, 0) is 105 Å². The van der Waals surface area contributed by atoms with Crippen molar-refractivity contribution in [3.63, 3.8) is 0 Å². The lowest BCUT2D eigenvalue weighted by atomic mass is 9.74. The molecule has 0 atom stereocenters. The highest BCUT2D eigenvalue weighted by atomic mass is 32.1. The van der Waals surface area contributed by atoms with Gasteiger partial charge in [0.15, 0.2) is 11.2 Å². The molecule has 0 fully saturated rings. The first-order chi connectivity index (χ1) is 36.7. The molecule has 3 heterocycles. The fourth-order valence-corrected chi connectivity index (χ4v) is 14.4. The molecule has 2 aliphatic carbocycles. The SMILES string of the molecule is CC1(C)c2cc(N(c3ccccc3-c3ccccc3)c3cccc4c3oc3ccccc34)ccc2-c2sc3c(c21)C(C)(C)c1cc(N(c2ccccc2-c2ccccc2)c2cccc4c2oc2ccccc24)ccc1-3. The van der Waals surface area contributed by atoms with Gasteiger partial charge >= 0.3 is 0 Å². The van der Waals surface area contributed by atoms with E-state index in [0.717, 1.165) is 100 Å². The maximum atomic E-state index is 6.81. The van der Waals surface area contributed by atoms with Gasteiger partial charge in [0.1, 0.15) is 11.2 Å². The molecule has 0 radical (unpaired) electrons. The Balaban J connectivity index is 0.878. The highest BCUT2D eigenvalue weighted by Crippen LogP contribution is 2.65. The fraction of sp³-hybridized carbons (Fsp3) is 0.0857. The summed E-state index contributed by atoms with van der Waals surface area (Å²) in [6, 6.07) is 83.2. The van der Waals surface area contributed by atoms with Gasteiger partial charge in [-0.25, -0.2) is 0 Å². The Hall–Kier alpha value is -8.90. The second kappa shape index (κ2) is 16.3. The Morgan fingerprint density at radius 3 is 1.16 bits per heavy atom. The highest BCUT2D eigenvalue weighted by molar-refractivity contribution is 7.19. The number of fused-ring (bicyclic) bond motifs is 13. The maximum Gasteiger partial charge on any atom is 0.159 e. The van der Waals surface area contributed by atoms with Crippen molar-refractivity contribution in [1.29, 1.82) is 0 Å². The minimum Gasteiger partial charge on any atom is -0.454 e. The number of nitrogens with zero attached hydrogens (tertiary/aromatic N) is 2. The molecule has 5 heteroatoms. The third-order valence-electron chi connectivity index (χ3n) is 16.2. The monoisotopic (exact) mass is 982 g/mol. The van der Waals surface area contributed by atoms with Crippen LogP contribution in [-0.4, -0.2) is 0 Å². The van der Waals surface area contributed by atoms with Gasteiger partial charge < -0.3 is 18.6 Å². The summed E-state index contributed by atoms with van der Waals surface area (Å²) < 4.78 is 13.6. The molecule has 10 aromatic carbocycles. The molecule has 0 N–H and O–H groups in total. The average molecular weight is 983 g/mol. The Labute approximate surface area is 440 Å². The number of thiophene rings is 1. The van der Waals surface area contributed by atoms with Crippen molar-refractivity contribution >= 4 is 89.3 Å². The number of rotatable bonds is 8. The Morgan fingerprint density at radius 1 is 0.333 bits per heavy atom. The molecule has 0 unspecified atom stereocenters. The lowest BCUT2D eigenvalue weighted by molar-refractivity contribution is 0.603. The summed E-state index contributed by atoms with van der Waals surface area (Å²) in [6.45, 7) is 9.77. The Kier molecular flexibility index (Phi) is 9.49. The summed E-state index contributed by atoms with van der Waals surface area (Å²) in [7, 11) is 0. The van der Waals surface area contributed by atoms with E-state index in [9.17, 15) is 0 Å². The quantitative estimate of drug-likeness (QED) is 0.152. The molecular weight excluding hydrogens is 933 g/mol. The average Bonchev–Trinajstić information content (AvgIpc) is 4.41. The normalized spacial score (nSPS) is 13.8. The zero-order chi connectivity index (χ0) is 50.2. The van der Waals surface area contributed by atoms with Crippen LogP contribution in [0.4, 0.5) is 34.1 Å². The Morgan fingerprint density at radius 2 is 0.707 bits per heavy atom. The minimum absolute atomic E-state index is 0.305. The predicted molar refractivity (Wildman–Crippen MR) is 314 cm³/mol. The van der Waals surface area contributed by atoms with E-state index in [2.05, 4.69) is 268 Å². The van der Waals surface area contributed by atoms with Crippen LogP contribution in [0.2, 0.25) is 0 Å². The molecule has 0 saturated heterocycles. The van der Waals surface area contributed by atoms with Crippen LogP contribution in [0, 0.1) is 0 Å². The molecule has 4 nitrogen and oxygen atoms in total. The van der Waals surface area contributed by atoms with Crippen molar-refractivity contribution in [1.82, 2.24) is 0 Å². The third-order valence-corrected chi connectivity index (χ3v) is 17.5. The summed E-state index contributed by atoms with van der Waals surface area (Å²) in [5.74, 6) is 0. The van der Waals surface area contributed by atoms with Crippen molar-refractivity contribution in [2.24, 2.45) is 0 Å². The van der Waals surface area contributed by atoms with Crippen molar-refractivity contribution < 1.29 is 8.83 Å². The molecule has 0 amide bonds. The van der Waals surface area contributed by atoms with Gasteiger partial charge in [-0.1, -0.05) is 198 Å². The van der Waals surface area contributed by atoms with Crippen LogP contribution >= 0.6 is 11.3 Å². The van der Waals surface area contributed by atoms with Gasteiger partial charge in [-0.3, -0.25) is 0 Å². The number of anilines is 6. The van der Waals surface area contributed by atoms with Gasteiger partial charge in [-0.15, -0.1) is 11.3 Å². The van der Waals surface area contributed by atoms with Gasteiger partial charge in [0.25, 0.3) is 0 Å². The molecule has 3 aromatic heterocycles. The van der Waals surface area contributed by atoms with Crippen LogP contribution in [0.5, 0.6) is 0 Å². The zero-order valence-electron chi connectivity index (χ0n) is 42.1. The zero-order valence-corrected chi connectivity index (χ0v) is 42.9. The first kappa shape index (κ1) is 43.7. The van der Waals surface area contributed by atoms with Gasteiger partial charge in [0.05, 0.1) is 22.7 Å². The first-order valence-electron chi connectivity index (χ1n) is 25.9. The standard InChI is InChI=1S/C70H50N2O2S/c1-69(2)55-41-45(71(57-31-15-11-25-47(57)43-21-7-5-8-22-43)59-33-19-29-51-49-27-13-17-35-61(49)73-65(51)59)37-39-53(55)67-63(69)64-68(75-67)54-40-38-46(42-56(54)70(64,3)4)72(58-32-16-12-26-48(58)44-23-9-6-10-24-44)60-34-20-30-52-50-28-14-18-36-62(50)74-66(52)60/h5-42H,1-4H3. The van der Waals surface area contributed by atoms with Crippen molar-refractivity contribution in [2.45, 2.75) is 38.5 Å². The van der Waals surface area contributed by atoms with Crippen LogP contribution in [0.25, 0.3) is 87.0 Å². The first-order valence-corrected chi connectivity index (χ1v) is 26.7. The van der Waals surface area contributed by atoms with E-state index in [-0.39, 0.29) is 10.8 Å². The number of hydrogen-bond acceptors (Lipinski definition) is 5. The highest BCUT2D eigenvalue weighted by Gasteiger charge is 2.49.